The highest BCUT2D eigenvalue weighted by atomic mass is 14.9. The summed E-state index contributed by atoms with van der Waals surface area (Å²) in [4.78, 5) is 0. The molecule has 0 fully saturated rings. The van der Waals surface area contributed by atoms with Crippen LogP contribution in [0.5, 0.6) is 0 Å². The smallest absolute Gasteiger partial charge is 0.0218 e. The molecule has 2 aromatic carbocycles. The van der Waals surface area contributed by atoms with E-state index in [1.807, 2.05) is 0 Å². The van der Waals surface area contributed by atoms with Gasteiger partial charge in [0, 0.05) is 19.0 Å². The molecule has 0 aliphatic carbocycles. The van der Waals surface area contributed by atoms with Crippen LogP contribution in [0.1, 0.15) is 42.0 Å². The van der Waals surface area contributed by atoms with Gasteiger partial charge in [-0.15, -0.1) is 0 Å². The largest absolute Gasteiger partial charge is 0.312 e. The summed E-state index contributed by atoms with van der Waals surface area (Å²) in [6.07, 6.45) is 1.16. The van der Waals surface area contributed by atoms with Gasteiger partial charge in [0.1, 0.15) is 0 Å². The van der Waals surface area contributed by atoms with E-state index >= 15 is 0 Å². The van der Waals surface area contributed by atoms with Crippen LogP contribution in [-0.2, 0) is 13.0 Å². The van der Waals surface area contributed by atoms with E-state index < -0.39 is 0 Å². The van der Waals surface area contributed by atoms with Gasteiger partial charge in [0.05, 0.1) is 0 Å². The lowest BCUT2D eigenvalue weighted by atomic mass is 9.84. The van der Waals surface area contributed by atoms with E-state index in [0.717, 1.165) is 19.5 Å². The summed E-state index contributed by atoms with van der Waals surface area (Å²) in [5.41, 5.74) is 5.84. The van der Waals surface area contributed by atoms with Crippen molar-refractivity contribution in [3.8, 4) is 0 Å². The molecule has 0 spiro atoms. The number of hydrogen-bond donors (Lipinski definition) is 1. The Kier molecular flexibility index (Phi) is 3.88. The minimum Gasteiger partial charge on any atom is -0.312 e. The summed E-state index contributed by atoms with van der Waals surface area (Å²) < 4.78 is 0. The van der Waals surface area contributed by atoms with Crippen molar-refractivity contribution in [2.45, 2.75) is 32.7 Å². The average Bonchev–Trinajstić information content (AvgIpc) is 2.46. The fourth-order valence-electron chi connectivity index (χ4n) is 3.20. The van der Waals surface area contributed by atoms with Gasteiger partial charge in [-0.1, -0.05) is 62.4 Å². The lowest BCUT2D eigenvalue weighted by molar-refractivity contribution is 0.590. The first-order chi connectivity index (χ1) is 9.74. The molecule has 0 aromatic heterocycles. The topological polar surface area (TPSA) is 12.0 Å². The van der Waals surface area contributed by atoms with Crippen LogP contribution in [0.4, 0.5) is 0 Å². The van der Waals surface area contributed by atoms with Crippen molar-refractivity contribution in [2.24, 2.45) is 5.92 Å². The fraction of sp³-hybridized carbons (Fsp3) is 0.368. The van der Waals surface area contributed by atoms with E-state index in [1.54, 1.807) is 0 Å². The lowest BCUT2D eigenvalue weighted by Crippen LogP contribution is -2.28. The van der Waals surface area contributed by atoms with E-state index in [1.165, 1.54) is 22.3 Å². The first kappa shape index (κ1) is 13.4. The molecular weight excluding hydrogens is 242 g/mol. The summed E-state index contributed by atoms with van der Waals surface area (Å²) in [5, 5.41) is 3.55. The van der Waals surface area contributed by atoms with Crippen LogP contribution in [0.15, 0.2) is 48.5 Å². The van der Waals surface area contributed by atoms with Crippen LogP contribution in [0, 0.1) is 5.92 Å². The van der Waals surface area contributed by atoms with Gasteiger partial charge in [-0.25, -0.2) is 0 Å². The minimum absolute atomic E-state index is 0.493. The number of fused-ring (bicyclic) bond motifs is 1. The van der Waals surface area contributed by atoms with E-state index in [2.05, 4.69) is 67.7 Å². The number of hydrogen-bond acceptors (Lipinski definition) is 1. The maximum absolute atomic E-state index is 3.55. The van der Waals surface area contributed by atoms with E-state index in [0.29, 0.717) is 11.8 Å². The van der Waals surface area contributed by atoms with Gasteiger partial charge in [-0.3, -0.25) is 0 Å². The first-order valence-electron chi connectivity index (χ1n) is 7.61. The van der Waals surface area contributed by atoms with Crippen LogP contribution >= 0.6 is 0 Å². The van der Waals surface area contributed by atoms with Gasteiger partial charge >= 0.3 is 0 Å². The summed E-state index contributed by atoms with van der Waals surface area (Å²) in [6, 6.07) is 18.0. The third kappa shape index (κ3) is 2.78. The molecule has 1 aliphatic heterocycles. The highest BCUT2D eigenvalue weighted by Crippen LogP contribution is 2.30. The van der Waals surface area contributed by atoms with Crippen molar-refractivity contribution in [1.29, 1.82) is 0 Å². The van der Waals surface area contributed by atoms with Crippen LogP contribution in [0.3, 0.4) is 0 Å². The molecule has 2 aromatic rings. The Bertz CT molecular complexity index is 586. The molecule has 1 N–H and O–H groups in total. The Morgan fingerprint density at radius 2 is 1.95 bits per heavy atom. The Hall–Kier alpha value is -1.60. The van der Waals surface area contributed by atoms with Gasteiger partial charge in [-0.05, 0) is 34.6 Å². The minimum atomic E-state index is 0.493. The molecule has 104 valence electrons. The van der Waals surface area contributed by atoms with Gasteiger partial charge < -0.3 is 5.32 Å². The Balaban J connectivity index is 1.94. The fourth-order valence-corrected chi connectivity index (χ4v) is 3.20. The third-order valence-corrected chi connectivity index (χ3v) is 4.09. The van der Waals surface area contributed by atoms with Crippen molar-refractivity contribution >= 4 is 0 Å². The Morgan fingerprint density at radius 1 is 1.10 bits per heavy atom. The molecular formula is C19H23N. The second-order valence-corrected chi connectivity index (χ2v) is 6.23. The highest BCUT2D eigenvalue weighted by Gasteiger charge is 2.21. The standard InChI is InChI=1S/C19H23N/c1-14(2)10-15-6-5-8-16(11-15)19-13-20-12-17-7-3-4-9-18(17)19/h3-9,11,14,19-20H,10,12-13H2,1-2H3. The molecule has 1 nitrogen and oxygen atoms in total. The van der Waals surface area contributed by atoms with Crippen molar-refractivity contribution in [2.75, 3.05) is 6.54 Å². The zero-order chi connectivity index (χ0) is 13.9. The maximum Gasteiger partial charge on any atom is 0.0218 e. The van der Waals surface area contributed by atoms with Crippen LogP contribution in [-0.4, -0.2) is 6.54 Å². The molecule has 0 saturated carbocycles. The molecule has 0 saturated heterocycles. The molecule has 0 bridgehead atoms. The monoisotopic (exact) mass is 265 g/mol. The van der Waals surface area contributed by atoms with Crippen LogP contribution in [0.25, 0.3) is 0 Å². The van der Waals surface area contributed by atoms with E-state index in [9.17, 15) is 0 Å². The maximum atomic E-state index is 3.55. The number of benzene rings is 2. The summed E-state index contributed by atoms with van der Waals surface area (Å²) in [5.74, 6) is 1.20. The number of rotatable bonds is 3. The van der Waals surface area contributed by atoms with Gasteiger partial charge in [0.25, 0.3) is 0 Å². The van der Waals surface area contributed by atoms with Crippen LogP contribution < -0.4 is 5.32 Å². The quantitative estimate of drug-likeness (QED) is 0.880. The van der Waals surface area contributed by atoms with Crippen LogP contribution in [0.2, 0.25) is 0 Å². The average molecular weight is 265 g/mol. The molecule has 3 rings (SSSR count). The molecule has 1 unspecified atom stereocenters. The third-order valence-electron chi connectivity index (χ3n) is 4.09. The van der Waals surface area contributed by atoms with Crippen molar-refractivity contribution in [1.82, 2.24) is 5.32 Å². The Morgan fingerprint density at radius 3 is 2.80 bits per heavy atom. The van der Waals surface area contributed by atoms with Gasteiger partial charge in [-0.2, -0.15) is 0 Å². The summed E-state index contributed by atoms with van der Waals surface area (Å²) >= 11 is 0. The second-order valence-electron chi connectivity index (χ2n) is 6.23. The molecule has 20 heavy (non-hydrogen) atoms. The second kappa shape index (κ2) is 5.80. The van der Waals surface area contributed by atoms with E-state index in [4.69, 9.17) is 0 Å². The lowest BCUT2D eigenvalue weighted by Gasteiger charge is -2.27. The van der Waals surface area contributed by atoms with Crippen molar-refractivity contribution in [3.63, 3.8) is 0 Å². The van der Waals surface area contributed by atoms with Crippen molar-refractivity contribution < 1.29 is 0 Å². The summed E-state index contributed by atoms with van der Waals surface area (Å²) in [6.45, 7) is 6.61. The molecule has 1 aliphatic rings. The predicted molar refractivity (Wildman–Crippen MR) is 85.0 cm³/mol. The zero-order valence-corrected chi connectivity index (χ0v) is 12.4. The zero-order valence-electron chi connectivity index (χ0n) is 12.4. The first-order valence-corrected chi connectivity index (χ1v) is 7.61. The van der Waals surface area contributed by atoms with E-state index in [-0.39, 0.29) is 0 Å². The highest BCUT2D eigenvalue weighted by molar-refractivity contribution is 5.41. The van der Waals surface area contributed by atoms with Gasteiger partial charge in [0.2, 0.25) is 0 Å². The molecule has 0 radical (unpaired) electrons. The Labute approximate surface area is 122 Å². The predicted octanol–water partition coefficient (Wildman–Crippen LogP) is 4.12. The molecule has 1 atom stereocenters. The molecule has 1 heterocycles. The SMILES string of the molecule is CC(C)Cc1cccc(C2CNCc3ccccc32)c1. The van der Waals surface area contributed by atoms with Crippen molar-refractivity contribution in [3.05, 3.63) is 70.8 Å². The molecule has 1 heteroatoms. The van der Waals surface area contributed by atoms with Gasteiger partial charge in [0.15, 0.2) is 0 Å². The molecule has 0 amide bonds. The normalized spacial score (nSPS) is 18.1. The number of nitrogens with one attached hydrogen (secondary N) is 1. The summed E-state index contributed by atoms with van der Waals surface area (Å²) in [7, 11) is 0.